The van der Waals surface area contributed by atoms with Crippen molar-refractivity contribution in [1.29, 1.82) is 0 Å². The molecular formula is C13H14F3N3O4. The molecule has 1 aromatic carbocycles. The van der Waals surface area contributed by atoms with Crippen LogP contribution in [0.5, 0.6) is 11.5 Å². The van der Waals surface area contributed by atoms with Gasteiger partial charge in [0, 0.05) is 26.2 Å². The minimum absolute atomic E-state index is 0.0849. The molecule has 2 aliphatic heterocycles. The van der Waals surface area contributed by atoms with Crippen LogP contribution in [-0.2, 0) is 0 Å². The number of nitro groups is 1. The van der Waals surface area contributed by atoms with Gasteiger partial charge < -0.3 is 14.8 Å². The SMILES string of the molecule is O=[N+]([O-])c1cc2c(cc1[C@H](N1CCNCC1)C(F)(F)F)OCO2. The molecule has 7 nitrogen and oxygen atoms in total. The Hall–Kier alpha value is -2.07. The van der Waals surface area contributed by atoms with Gasteiger partial charge in [0.15, 0.2) is 11.5 Å². The fourth-order valence-corrected chi connectivity index (χ4v) is 2.84. The molecule has 2 heterocycles. The molecule has 0 bridgehead atoms. The van der Waals surface area contributed by atoms with Crippen LogP contribution in [0, 0.1) is 10.1 Å². The van der Waals surface area contributed by atoms with Crippen molar-refractivity contribution in [2.24, 2.45) is 0 Å². The molecule has 1 atom stereocenters. The lowest BCUT2D eigenvalue weighted by Crippen LogP contribution is -2.49. The summed E-state index contributed by atoms with van der Waals surface area (Å²) in [5, 5.41) is 14.2. The number of hydrogen-bond donors (Lipinski definition) is 1. The maximum atomic E-state index is 13.6. The largest absolute Gasteiger partial charge is 0.454 e. The number of rotatable bonds is 3. The molecule has 126 valence electrons. The van der Waals surface area contributed by atoms with Gasteiger partial charge in [0.25, 0.3) is 5.69 Å². The number of halogens is 3. The second-order valence-corrected chi connectivity index (χ2v) is 5.25. The molecular weight excluding hydrogens is 319 g/mol. The number of ether oxygens (including phenoxy) is 2. The number of nitrogens with zero attached hydrogens (tertiary/aromatic N) is 2. The normalized spacial score (nSPS) is 19.6. The zero-order chi connectivity index (χ0) is 16.6. The Bertz CT molecular complexity index is 617. The lowest BCUT2D eigenvalue weighted by molar-refractivity contribution is -0.386. The van der Waals surface area contributed by atoms with Crippen molar-refractivity contribution >= 4 is 5.69 Å². The van der Waals surface area contributed by atoms with Crippen molar-refractivity contribution in [3.05, 3.63) is 27.8 Å². The van der Waals surface area contributed by atoms with E-state index in [9.17, 15) is 23.3 Å². The number of nitrogens with one attached hydrogen (secondary N) is 1. The standard InChI is InChI=1S/C13H14F3N3O4/c14-13(15,16)12(18-3-1-17-2-4-18)8-5-10-11(23-7-22-10)6-9(8)19(20)21/h5-6,12,17H,1-4,7H2/t12-/m0/s1. The molecule has 0 spiro atoms. The van der Waals surface area contributed by atoms with Gasteiger partial charge in [-0.1, -0.05) is 0 Å². The van der Waals surface area contributed by atoms with E-state index in [0.29, 0.717) is 13.1 Å². The molecule has 1 fully saturated rings. The molecule has 10 heteroatoms. The van der Waals surface area contributed by atoms with Gasteiger partial charge in [0.1, 0.15) is 6.04 Å². The zero-order valence-electron chi connectivity index (χ0n) is 11.9. The van der Waals surface area contributed by atoms with Crippen LogP contribution in [0.15, 0.2) is 12.1 Å². The predicted molar refractivity (Wildman–Crippen MR) is 72.5 cm³/mol. The fraction of sp³-hybridized carbons (Fsp3) is 0.538. The van der Waals surface area contributed by atoms with E-state index in [1.54, 1.807) is 0 Å². The van der Waals surface area contributed by atoms with Crippen LogP contribution >= 0.6 is 0 Å². The van der Waals surface area contributed by atoms with Crippen LogP contribution in [0.25, 0.3) is 0 Å². The van der Waals surface area contributed by atoms with Crippen molar-refractivity contribution in [1.82, 2.24) is 10.2 Å². The number of fused-ring (bicyclic) bond motifs is 1. The molecule has 23 heavy (non-hydrogen) atoms. The maximum absolute atomic E-state index is 13.6. The number of benzene rings is 1. The minimum Gasteiger partial charge on any atom is -0.454 e. The summed E-state index contributed by atoms with van der Waals surface area (Å²) in [6.07, 6.45) is -4.64. The van der Waals surface area contributed by atoms with E-state index < -0.39 is 28.4 Å². The first-order chi connectivity index (χ1) is 10.9. The number of hydrogen-bond acceptors (Lipinski definition) is 6. The zero-order valence-corrected chi connectivity index (χ0v) is 11.9. The summed E-state index contributed by atoms with van der Waals surface area (Å²) < 4.78 is 51.0. The topological polar surface area (TPSA) is 76.9 Å². The van der Waals surface area contributed by atoms with Gasteiger partial charge in [0.05, 0.1) is 16.6 Å². The van der Waals surface area contributed by atoms with Crippen molar-refractivity contribution in [2.45, 2.75) is 12.2 Å². The van der Waals surface area contributed by atoms with Crippen LogP contribution < -0.4 is 14.8 Å². The highest BCUT2D eigenvalue weighted by Crippen LogP contribution is 2.46. The van der Waals surface area contributed by atoms with Gasteiger partial charge in [-0.15, -0.1) is 0 Å². The average Bonchev–Trinajstić information content (AvgIpc) is 2.93. The summed E-state index contributed by atoms with van der Waals surface area (Å²) in [4.78, 5) is 11.6. The summed E-state index contributed by atoms with van der Waals surface area (Å²) in [5.41, 5.74) is -1.04. The second kappa shape index (κ2) is 5.85. The Morgan fingerprint density at radius 2 is 1.83 bits per heavy atom. The highest BCUT2D eigenvalue weighted by molar-refractivity contribution is 5.56. The summed E-state index contributed by atoms with van der Waals surface area (Å²) in [6.45, 7) is 0.918. The highest BCUT2D eigenvalue weighted by atomic mass is 19.4. The van der Waals surface area contributed by atoms with Crippen LogP contribution in [0.3, 0.4) is 0 Å². The van der Waals surface area contributed by atoms with Gasteiger partial charge in [-0.25, -0.2) is 0 Å². The van der Waals surface area contributed by atoms with Gasteiger partial charge in [-0.2, -0.15) is 13.2 Å². The van der Waals surface area contributed by atoms with E-state index in [1.165, 1.54) is 4.90 Å². The van der Waals surface area contributed by atoms with E-state index in [2.05, 4.69) is 5.32 Å². The monoisotopic (exact) mass is 333 g/mol. The Labute approximate surface area is 129 Å². The third-order valence-electron chi connectivity index (χ3n) is 3.84. The molecule has 0 unspecified atom stereocenters. The summed E-state index contributed by atoms with van der Waals surface area (Å²) in [6, 6.07) is 0.0127. The quantitative estimate of drug-likeness (QED) is 0.672. The summed E-state index contributed by atoms with van der Waals surface area (Å²) in [5.74, 6) is 0.177. The number of nitro benzene ring substituents is 1. The molecule has 0 aromatic heterocycles. The van der Waals surface area contributed by atoms with E-state index in [1.807, 2.05) is 0 Å². The average molecular weight is 333 g/mol. The Morgan fingerprint density at radius 1 is 1.22 bits per heavy atom. The highest BCUT2D eigenvalue weighted by Gasteiger charge is 2.48. The number of piperazine rings is 1. The van der Waals surface area contributed by atoms with Gasteiger partial charge in [-0.3, -0.25) is 15.0 Å². The Balaban J connectivity index is 2.09. The maximum Gasteiger partial charge on any atom is 0.408 e. The van der Waals surface area contributed by atoms with Crippen LogP contribution in [0.4, 0.5) is 18.9 Å². The molecule has 2 aliphatic rings. The first-order valence-electron chi connectivity index (χ1n) is 6.97. The molecule has 1 saturated heterocycles. The molecule has 0 saturated carbocycles. The Kier molecular flexibility index (Phi) is 4.02. The molecule has 1 aromatic rings. The molecule has 0 amide bonds. The third kappa shape index (κ3) is 3.04. The van der Waals surface area contributed by atoms with Gasteiger partial charge in [-0.05, 0) is 6.07 Å². The lowest BCUT2D eigenvalue weighted by Gasteiger charge is -2.35. The Morgan fingerprint density at radius 3 is 2.39 bits per heavy atom. The molecule has 1 N–H and O–H groups in total. The van der Waals surface area contributed by atoms with Crippen molar-refractivity contribution in [3.63, 3.8) is 0 Å². The van der Waals surface area contributed by atoms with Gasteiger partial charge in [0.2, 0.25) is 6.79 Å². The van der Waals surface area contributed by atoms with Crippen molar-refractivity contribution in [2.75, 3.05) is 33.0 Å². The molecule has 0 radical (unpaired) electrons. The van der Waals surface area contributed by atoms with Crippen LogP contribution in [-0.4, -0.2) is 49.0 Å². The van der Waals surface area contributed by atoms with Gasteiger partial charge >= 0.3 is 6.18 Å². The third-order valence-corrected chi connectivity index (χ3v) is 3.84. The van der Waals surface area contributed by atoms with E-state index in [4.69, 9.17) is 9.47 Å². The first-order valence-corrected chi connectivity index (χ1v) is 6.97. The fourth-order valence-electron chi connectivity index (χ4n) is 2.84. The van der Waals surface area contributed by atoms with E-state index in [0.717, 1.165) is 12.1 Å². The first kappa shape index (κ1) is 15.8. The van der Waals surface area contributed by atoms with E-state index >= 15 is 0 Å². The summed E-state index contributed by atoms with van der Waals surface area (Å²) >= 11 is 0. The molecule has 3 rings (SSSR count). The van der Waals surface area contributed by atoms with Crippen molar-refractivity contribution < 1.29 is 27.6 Å². The van der Waals surface area contributed by atoms with Crippen molar-refractivity contribution in [3.8, 4) is 11.5 Å². The molecule has 0 aliphatic carbocycles. The minimum atomic E-state index is -4.64. The van der Waals surface area contributed by atoms with E-state index in [-0.39, 0.29) is 31.4 Å². The summed E-state index contributed by atoms with van der Waals surface area (Å²) in [7, 11) is 0. The van der Waals surface area contributed by atoms with Crippen LogP contribution in [0.2, 0.25) is 0 Å². The predicted octanol–water partition coefficient (Wildman–Crippen LogP) is 1.83. The number of alkyl halides is 3. The lowest BCUT2D eigenvalue weighted by atomic mass is 10.0. The smallest absolute Gasteiger partial charge is 0.408 e. The van der Waals surface area contributed by atoms with Crippen LogP contribution in [0.1, 0.15) is 11.6 Å². The second-order valence-electron chi connectivity index (χ2n) is 5.25.